The summed E-state index contributed by atoms with van der Waals surface area (Å²) in [5.41, 5.74) is -1.55. The summed E-state index contributed by atoms with van der Waals surface area (Å²) in [6, 6.07) is 0. The highest BCUT2D eigenvalue weighted by atomic mass is 79.9. The van der Waals surface area contributed by atoms with Crippen LogP contribution >= 0.6 is 15.9 Å². The zero-order valence-electron chi connectivity index (χ0n) is 6.46. The maximum atomic E-state index is 12.5. The molecule has 1 heterocycles. The molecule has 0 aromatic carbocycles. The van der Waals surface area contributed by atoms with Crippen molar-refractivity contribution in [3.05, 3.63) is 0 Å². The van der Waals surface area contributed by atoms with Gasteiger partial charge in [-0.3, -0.25) is 0 Å². The number of halogens is 4. The van der Waals surface area contributed by atoms with Crippen LogP contribution in [0.15, 0.2) is 0 Å². The highest BCUT2D eigenvalue weighted by molar-refractivity contribution is 9.09. The van der Waals surface area contributed by atoms with E-state index < -0.39 is 11.6 Å². The molecule has 0 atom stereocenters. The van der Waals surface area contributed by atoms with Crippen molar-refractivity contribution in [3.63, 3.8) is 0 Å². The molecule has 0 aromatic rings. The molecule has 0 saturated carbocycles. The molecule has 1 rings (SSSR count). The maximum Gasteiger partial charge on any atom is 0.395 e. The largest absolute Gasteiger partial charge is 0.395 e. The lowest BCUT2D eigenvalue weighted by Gasteiger charge is -2.37. The minimum atomic E-state index is -4.11. The monoisotopic (exact) mass is 246 g/mol. The van der Waals surface area contributed by atoms with Gasteiger partial charge in [0, 0.05) is 18.5 Å². The normalized spacial score (nSPS) is 24.0. The lowest BCUT2D eigenvalue weighted by Crippen LogP contribution is -2.44. The molecular formula is C7H10BrF3O. The molecule has 0 N–H and O–H groups in total. The minimum Gasteiger partial charge on any atom is -0.381 e. The van der Waals surface area contributed by atoms with Crippen LogP contribution in [0.1, 0.15) is 12.8 Å². The predicted octanol–water partition coefficient (Wildman–Crippen LogP) is 2.74. The highest BCUT2D eigenvalue weighted by Crippen LogP contribution is 2.46. The second kappa shape index (κ2) is 3.54. The van der Waals surface area contributed by atoms with Crippen LogP contribution in [0, 0.1) is 5.41 Å². The first-order chi connectivity index (χ1) is 5.52. The predicted molar refractivity (Wildman–Crippen MR) is 42.3 cm³/mol. The van der Waals surface area contributed by atoms with Crippen molar-refractivity contribution in [1.29, 1.82) is 0 Å². The Morgan fingerprint density at radius 1 is 1.25 bits per heavy atom. The molecule has 0 bridgehead atoms. The van der Waals surface area contributed by atoms with E-state index in [9.17, 15) is 13.2 Å². The van der Waals surface area contributed by atoms with Crippen LogP contribution in [-0.4, -0.2) is 24.7 Å². The first-order valence-corrected chi connectivity index (χ1v) is 4.84. The van der Waals surface area contributed by atoms with Gasteiger partial charge in [0.1, 0.15) is 0 Å². The molecule has 1 aliphatic heterocycles. The van der Waals surface area contributed by atoms with E-state index in [2.05, 4.69) is 15.9 Å². The van der Waals surface area contributed by atoms with Crippen molar-refractivity contribution in [1.82, 2.24) is 0 Å². The van der Waals surface area contributed by atoms with E-state index in [4.69, 9.17) is 4.74 Å². The second-order valence-electron chi connectivity index (χ2n) is 3.02. The molecule has 1 fully saturated rings. The van der Waals surface area contributed by atoms with Gasteiger partial charge in [-0.15, -0.1) is 0 Å². The minimum absolute atomic E-state index is 0.0210. The third-order valence-electron chi connectivity index (χ3n) is 2.31. The van der Waals surface area contributed by atoms with Gasteiger partial charge in [0.15, 0.2) is 0 Å². The van der Waals surface area contributed by atoms with E-state index >= 15 is 0 Å². The van der Waals surface area contributed by atoms with Gasteiger partial charge >= 0.3 is 6.18 Å². The lowest BCUT2D eigenvalue weighted by atomic mass is 9.82. The summed E-state index contributed by atoms with van der Waals surface area (Å²) in [4.78, 5) is 0. The van der Waals surface area contributed by atoms with Gasteiger partial charge in [0.2, 0.25) is 0 Å². The molecule has 0 amide bonds. The van der Waals surface area contributed by atoms with Gasteiger partial charge in [-0.1, -0.05) is 15.9 Å². The number of hydrogen-bond acceptors (Lipinski definition) is 1. The summed E-state index contributed by atoms with van der Waals surface area (Å²) in [5.74, 6) is 0. The van der Waals surface area contributed by atoms with Gasteiger partial charge in [0.05, 0.1) is 5.41 Å². The van der Waals surface area contributed by atoms with Gasteiger partial charge in [-0.05, 0) is 12.8 Å². The van der Waals surface area contributed by atoms with Crippen molar-refractivity contribution >= 4 is 15.9 Å². The number of ether oxygens (including phenoxy) is 1. The van der Waals surface area contributed by atoms with E-state index in [-0.39, 0.29) is 31.4 Å². The van der Waals surface area contributed by atoms with Gasteiger partial charge < -0.3 is 4.74 Å². The molecular weight excluding hydrogens is 237 g/mol. The van der Waals surface area contributed by atoms with Crippen molar-refractivity contribution < 1.29 is 17.9 Å². The number of alkyl halides is 4. The molecule has 0 radical (unpaired) electrons. The molecule has 1 aliphatic rings. The molecule has 1 nitrogen and oxygen atoms in total. The molecule has 0 unspecified atom stereocenters. The average Bonchev–Trinajstić information content (AvgIpc) is 2.04. The molecule has 5 heteroatoms. The van der Waals surface area contributed by atoms with Gasteiger partial charge in [-0.2, -0.15) is 13.2 Å². The summed E-state index contributed by atoms with van der Waals surface area (Å²) >= 11 is 2.93. The molecule has 0 aliphatic carbocycles. The van der Waals surface area contributed by atoms with E-state index in [1.54, 1.807) is 0 Å². The van der Waals surface area contributed by atoms with Crippen molar-refractivity contribution in [2.24, 2.45) is 5.41 Å². The van der Waals surface area contributed by atoms with E-state index in [1.165, 1.54) is 0 Å². The quantitative estimate of drug-likeness (QED) is 0.647. The third-order valence-corrected chi connectivity index (χ3v) is 3.38. The van der Waals surface area contributed by atoms with Crippen molar-refractivity contribution in [2.45, 2.75) is 19.0 Å². The van der Waals surface area contributed by atoms with Crippen LogP contribution in [0.25, 0.3) is 0 Å². The van der Waals surface area contributed by atoms with Gasteiger partial charge in [-0.25, -0.2) is 0 Å². The highest BCUT2D eigenvalue weighted by Gasteiger charge is 2.54. The third kappa shape index (κ3) is 1.76. The Morgan fingerprint density at radius 3 is 2.00 bits per heavy atom. The average molecular weight is 247 g/mol. The molecule has 12 heavy (non-hydrogen) atoms. The van der Waals surface area contributed by atoms with Crippen LogP contribution < -0.4 is 0 Å². The summed E-state index contributed by atoms with van der Waals surface area (Å²) in [7, 11) is 0. The molecule has 0 aromatic heterocycles. The zero-order valence-corrected chi connectivity index (χ0v) is 8.04. The summed E-state index contributed by atoms with van der Waals surface area (Å²) in [6.45, 7) is 0.427. The zero-order chi connectivity index (χ0) is 9.24. The maximum absolute atomic E-state index is 12.5. The Labute approximate surface area is 77.4 Å². The second-order valence-corrected chi connectivity index (χ2v) is 3.58. The van der Waals surface area contributed by atoms with E-state index in [0.29, 0.717) is 0 Å². The molecule has 0 spiro atoms. The summed E-state index contributed by atoms with van der Waals surface area (Å²) < 4.78 is 42.4. The Bertz CT molecular complexity index is 151. The van der Waals surface area contributed by atoms with Crippen LogP contribution in [0.2, 0.25) is 0 Å². The smallest absolute Gasteiger partial charge is 0.381 e. The first-order valence-electron chi connectivity index (χ1n) is 3.72. The van der Waals surface area contributed by atoms with Crippen LogP contribution in [0.5, 0.6) is 0 Å². The molecule has 72 valence electrons. The number of hydrogen-bond donors (Lipinski definition) is 0. The lowest BCUT2D eigenvalue weighted by molar-refractivity contribution is -0.236. The Balaban J connectivity index is 2.73. The fourth-order valence-corrected chi connectivity index (χ4v) is 2.13. The summed E-state index contributed by atoms with van der Waals surface area (Å²) in [5, 5.41) is -0.0210. The topological polar surface area (TPSA) is 9.23 Å². The van der Waals surface area contributed by atoms with Crippen LogP contribution in [0.3, 0.4) is 0 Å². The fraction of sp³-hybridized carbons (Fsp3) is 1.00. The fourth-order valence-electron chi connectivity index (χ4n) is 1.26. The number of rotatable bonds is 1. The van der Waals surface area contributed by atoms with Crippen molar-refractivity contribution in [3.8, 4) is 0 Å². The Hall–Kier alpha value is 0.230. The van der Waals surface area contributed by atoms with E-state index in [1.807, 2.05) is 0 Å². The first kappa shape index (κ1) is 10.3. The standard InChI is InChI=1S/C7H10BrF3O/c8-5-6(7(9,10)11)1-3-12-4-2-6/h1-5H2. The van der Waals surface area contributed by atoms with Crippen LogP contribution in [-0.2, 0) is 4.74 Å². The van der Waals surface area contributed by atoms with E-state index in [0.717, 1.165) is 0 Å². The Kier molecular flexibility index (Phi) is 3.04. The molecule has 1 saturated heterocycles. The summed E-state index contributed by atoms with van der Waals surface area (Å²) in [6.07, 6.45) is -3.97. The van der Waals surface area contributed by atoms with Crippen molar-refractivity contribution in [2.75, 3.05) is 18.5 Å². The van der Waals surface area contributed by atoms with Gasteiger partial charge in [0.25, 0.3) is 0 Å². The SMILES string of the molecule is FC(F)(F)C1(CBr)CCOCC1. The van der Waals surface area contributed by atoms with Crippen LogP contribution in [0.4, 0.5) is 13.2 Å². The Morgan fingerprint density at radius 2 is 1.75 bits per heavy atom.